The van der Waals surface area contributed by atoms with E-state index in [1.54, 1.807) is 6.07 Å². The Hall–Kier alpha value is -2.73. The molecule has 0 saturated carbocycles. The fourth-order valence-corrected chi connectivity index (χ4v) is 6.81. The fraction of sp³-hybridized carbons (Fsp3) is 0.480. The van der Waals surface area contributed by atoms with Gasteiger partial charge in [-0.1, -0.05) is 17.4 Å². The molecule has 0 atom stereocenters. The predicted octanol–water partition coefficient (Wildman–Crippen LogP) is 3.67. The Morgan fingerprint density at radius 3 is 2.70 bits per heavy atom. The average Bonchev–Trinajstić information content (AvgIpc) is 3.47. The number of fused-ring (bicyclic) bond motifs is 4. The summed E-state index contributed by atoms with van der Waals surface area (Å²) < 4.78 is 5.51. The predicted molar refractivity (Wildman–Crippen MR) is 128 cm³/mol. The van der Waals surface area contributed by atoms with Crippen molar-refractivity contribution in [1.82, 2.24) is 14.9 Å². The molecule has 1 aromatic carbocycles. The number of rotatable bonds is 2. The van der Waals surface area contributed by atoms with E-state index in [0.717, 1.165) is 90.1 Å². The SMILES string of the molecule is CC1(C)c2nc(N3CCC(N4CCOCC4)CC3)sc2C(=O)c2c1[nH]c1cc(C#N)ccc21. The van der Waals surface area contributed by atoms with Crippen LogP contribution in [0.1, 0.15) is 58.9 Å². The molecule has 0 amide bonds. The molecule has 0 radical (unpaired) electrons. The molecule has 2 fully saturated rings. The van der Waals surface area contributed by atoms with Crippen LogP contribution in [0.5, 0.6) is 0 Å². The number of hydrogen-bond acceptors (Lipinski definition) is 7. The van der Waals surface area contributed by atoms with Crippen molar-refractivity contribution >= 4 is 33.2 Å². The monoisotopic (exact) mass is 461 g/mol. The second-order valence-corrected chi connectivity index (χ2v) is 10.7. The maximum atomic E-state index is 13.6. The summed E-state index contributed by atoms with van der Waals surface area (Å²) in [5, 5.41) is 11.1. The first kappa shape index (κ1) is 20.8. The lowest BCUT2D eigenvalue weighted by Gasteiger charge is -2.40. The third kappa shape index (κ3) is 3.22. The van der Waals surface area contributed by atoms with Gasteiger partial charge in [-0.05, 0) is 38.8 Å². The molecule has 33 heavy (non-hydrogen) atoms. The molecule has 8 heteroatoms. The van der Waals surface area contributed by atoms with Crippen molar-refractivity contribution in [2.75, 3.05) is 44.3 Å². The van der Waals surface area contributed by atoms with Crippen molar-refractivity contribution in [3.8, 4) is 6.07 Å². The van der Waals surface area contributed by atoms with Gasteiger partial charge in [-0.2, -0.15) is 5.26 Å². The van der Waals surface area contributed by atoms with Crippen molar-refractivity contribution in [3.05, 3.63) is 45.6 Å². The van der Waals surface area contributed by atoms with Gasteiger partial charge in [0.1, 0.15) is 4.88 Å². The first-order chi connectivity index (χ1) is 16.0. The number of nitriles is 1. The number of thiazole rings is 1. The standard InChI is InChI=1S/C25H27N5O2S/c1-25(2)22-19(17-4-3-15(14-26)13-18(17)27-22)20(31)21-23(25)28-24(33-21)30-7-5-16(6-8-30)29-9-11-32-12-10-29/h3-4,13,16,27H,5-12H2,1-2H3. The van der Waals surface area contributed by atoms with E-state index in [2.05, 4.69) is 34.7 Å². The number of aromatic nitrogens is 2. The van der Waals surface area contributed by atoms with Gasteiger partial charge >= 0.3 is 0 Å². The van der Waals surface area contributed by atoms with Gasteiger partial charge < -0.3 is 14.6 Å². The minimum atomic E-state index is -0.411. The molecule has 2 saturated heterocycles. The van der Waals surface area contributed by atoms with Crippen LogP contribution >= 0.6 is 11.3 Å². The summed E-state index contributed by atoms with van der Waals surface area (Å²) in [6.45, 7) is 9.92. The quantitative estimate of drug-likeness (QED) is 0.627. The van der Waals surface area contributed by atoms with E-state index in [4.69, 9.17) is 9.72 Å². The first-order valence-corrected chi connectivity index (χ1v) is 12.5. The highest BCUT2D eigenvalue weighted by atomic mass is 32.1. The van der Waals surface area contributed by atoms with E-state index in [1.807, 2.05) is 12.1 Å². The summed E-state index contributed by atoms with van der Waals surface area (Å²) in [5.41, 5.74) is 3.50. The van der Waals surface area contributed by atoms with Gasteiger partial charge in [0.15, 0.2) is 5.13 Å². The lowest BCUT2D eigenvalue weighted by Crippen LogP contribution is -2.49. The number of aromatic amines is 1. The van der Waals surface area contributed by atoms with Crippen molar-refractivity contribution in [2.24, 2.45) is 0 Å². The Morgan fingerprint density at radius 1 is 1.21 bits per heavy atom. The summed E-state index contributed by atoms with van der Waals surface area (Å²) in [7, 11) is 0. The maximum Gasteiger partial charge on any atom is 0.207 e. The molecule has 2 aromatic heterocycles. The number of hydrogen-bond donors (Lipinski definition) is 1. The molecule has 6 rings (SSSR count). The summed E-state index contributed by atoms with van der Waals surface area (Å²) in [4.78, 5) is 27.8. The van der Waals surface area contributed by atoms with Gasteiger partial charge in [-0.15, -0.1) is 0 Å². The van der Waals surface area contributed by atoms with Crippen molar-refractivity contribution in [3.63, 3.8) is 0 Å². The highest BCUT2D eigenvalue weighted by Gasteiger charge is 2.43. The van der Waals surface area contributed by atoms with Gasteiger partial charge in [-0.25, -0.2) is 4.98 Å². The van der Waals surface area contributed by atoms with E-state index in [0.29, 0.717) is 11.6 Å². The molecule has 1 aliphatic carbocycles. The second kappa shape index (κ2) is 7.66. The molecule has 170 valence electrons. The smallest absolute Gasteiger partial charge is 0.207 e. The Bertz CT molecular complexity index is 1290. The Morgan fingerprint density at radius 2 is 1.97 bits per heavy atom. The molecular formula is C25H27N5O2S. The van der Waals surface area contributed by atoms with Crippen molar-refractivity contribution < 1.29 is 9.53 Å². The van der Waals surface area contributed by atoms with Gasteiger partial charge in [-0.3, -0.25) is 9.69 Å². The largest absolute Gasteiger partial charge is 0.379 e. The molecule has 4 heterocycles. The van der Waals surface area contributed by atoms with Crippen LogP contribution in [0, 0.1) is 11.3 Å². The zero-order valence-electron chi connectivity index (χ0n) is 19.0. The topological polar surface area (TPSA) is 85.2 Å². The van der Waals surface area contributed by atoms with Crippen molar-refractivity contribution in [1.29, 1.82) is 5.26 Å². The zero-order chi connectivity index (χ0) is 22.7. The number of carbonyl (C=O) groups is 1. The van der Waals surface area contributed by atoms with Crippen LogP contribution in [0.4, 0.5) is 5.13 Å². The number of nitrogens with zero attached hydrogens (tertiary/aromatic N) is 4. The Balaban J connectivity index is 1.30. The fourth-order valence-electron chi connectivity index (χ4n) is 5.59. The number of anilines is 1. The average molecular weight is 462 g/mol. The van der Waals surface area contributed by atoms with E-state index in [1.165, 1.54) is 11.3 Å². The number of H-pyrrole nitrogens is 1. The number of nitrogens with one attached hydrogen (secondary N) is 1. The maximum absolute atomic E-state index is 13.6. The van der Waals surface area contributed by atoms with Crippen LogP contribution < -0.4 is 4.90 Å². The van der Waals surface area contributed by atoms with Crippen LogP contribution in [-0.4, -0.2) is 66.1 Å². The van der Waals surface area contributed by atoms with Gasteiger partial charge in [0, 0.05) is 54.2 Å². The van der Waals surface area contributed by atoms with E-state index in [-0.39, 0.29) is 5.78 Å². The molecule has 2 aliphatic heterocycles. The molecule has 3 aromatic rings. The summed E-state index contributed by atoms with van der Waals surface area (Å²) in [6.07, 6.45) is 2.24. The van der Waals surface area contributed by atoms with Crippen molar-refractivity contribution in [2.45, 2.75) is 38.1 Å². The molecule has 1 N–H and O–H groups in total. The lowest BCUT2D eigenvalue weighted by molar-refractivity contribution is 0.0115. The number of ether oxygens (including phenoxy) is 1. The number of morpholine rings is 1. The molecule has 0 spiro atoms. The van der Waals surface area contributed by atoms with Crippen LogP contribution in [0.15, 0.2) is 18.2 Å². The van der Waals surface area contributed by atoms with Gasteiger partial charge in [0.25, 0.3) is 0 Å². The minimum Gasteiger partial charge on any atom is -0.379 e. The summed E-state index contributed by atoms with van der Waals surface area (Å²) >= 11 is 1.54. The van der Waals surface area contributed by atoms with Gasteiger partial charge in [0.05, 0.1) is 36.1 Å². The molecule has 0 unspecified atom stereocenters. The van der Waals surface area contributed by atoms with Crippen LogP contribution in [0.2, 0.25) is 0 Å². The third-order valence-corrected chi connectivity index (χ3v) is 8.61. The summed E-state index contributed by atoms with van der Waals surface area (Å²) in [6, 6.07) is 8.29. The number of ketones is 1. The lowest BCUT2D eigenvalue weighted by atomic mass is 9.77. The van der Waals surface area contributed by atoms with Gasteiger partial charge in [0.2, 0.25) is 5.78 Å². The van der Waals surface area contributed by atoms with Crippen LogP contribution in [0.3, 0.4) is 0 Å². The second-order valence-electron chi connectivity index (χ2n) is 9.74. The third-order valence-electron chi connectivity index (χ3n) is 7.49. The van der Waals surface area contributed by atoms with Crippen LogP contribution in [0.25, 0.3) is 10.9 Å². The van der Waals surface area contributed by atoms with Crippen LogP contribution in [-0.2, 0) is 10.2 Å². The minimum absolute atomic E-state index is 0.0437. The Labute approximate surface area is 197 Å². The number of piperidine rings is 1. The molecule has 3 aliphatic rings. The van der Waals surface area contributed by atoms with E-state index < -0.39 is 5.41 Å². The number of carbonyl (C=O) groups excluding carboxylic acids is 1. The van der Waals surface area contributed by atoms with E-state index in [9.17, 15) is 10.1 Å². The zero-order valence-corrected chi connectivity index (χ0v) is 19.8. The van der Waals surface area contributed by atoms with E-state index >= 15 is 0 Å². The first-order valence-electron chi connectivity index (χ1n) is 11.7. The highest BCUT2D eigenvalue weighted by Crippen LogP contribution is 2.46. The summed E-state index contributed by atoms with van der Waals surface area (Å²) in [5.74, 6) is 0.0437. The Kier molecular flexibility index (Phi) is 4.84. The molecular weight excluding hydrogens is 434 g/mol. The normalized spacial score (nSPS) is 21.1. The number of benzene rings is 1. The highest BCUT2D eigenvalue weighted by molar-refractivity contribution is 7.18. The molecule has 0 bridgehead atoms. The molecule has 7 nitrogen and oxygen atoms in total.